The van der Waals surface area contributed by atoms with Gasteiger partial charge in [-0.05, 0) is 86.4 Å². The van der Waals surface area contributed by atoms with Gasteiger partial charge in [-0.25, -0.2) is 9.97 Å². The number of anilines is 2. The maximum Gasteiger partial charge on any atom is 0.274 e. The summed E-state index contributed by atoms with van der Waals surface area (Å²) in [7, 11) is 0. The summed E-state index contributed by atoms with van der Waals surface area (Å²) < 4.78 is 16.5. The SMILES string of the molecule is C[C@@H](CC(=O)c1nc(N)c(C(=O)N[C@@H](CCCN=C(N)N)C(=O)CC(Cc2ccc(O)cc2)C(=O)NCCCOCCOCCOCCCN)nc1N)Cc1ccc(O)cc1. The van der Waals surface area contributed by atoms with Gasteiger partial charge in [0.1, 0.15) is 11.5 Å². The topological polar surface area (TPSA) is 329 Å². The fourth-order valence-corrected chi connectivity index (χ4v) is 6.21. The van der Waals surface area contributed by atoms with E-state index in [1.165, 1.54) is 12.1 Å². The zero-order chi connectivity index (χ0) is 44.6. The van der Waals surface area contributed by atoms with Crippen LogP contribution in [0.25, 0.3) is 0 Å². The normalized spacial score (nSPS) is 12.6. The molecular weight excluding hydrogens is 789 g/mol. The van der Waals surface area contributed by atoms with Crippen LogP contribution in [0.15, 0.2) is 53.5 Å². The van der Waals surface area contributed by atoms with Crippen LogP contribution in [-0.4, -0.2) is 115 Å². The smallest absolute Gasteiger partial charge is 0.274 e. The van der Waals surface area contributed by atoms with Crippen molar-refractivity contribution in [2.75, 3.05) is 70.7 Å². The summed E-state index contributed by atoms with van der Waals surface area (Å²) in [5.41, 5.74) is 29.8. The molecule has 0 saturated carbocycles. The number of aromatic hydroxyl groups is 2. The van der Waals surface area contributed by atoms with Crippen LogP contribution in [0.1, 0.15) is 77.6 Å². The standard InChI is InChI=1S/C42H62N10O9/c1-27(23-28-6-10-31(53)11-7-28)24-35(56)36-38(44)52-37(39(45)51-36)41(58)50-33(5-2-15-49-42(46)47)34(55)26-30(25-29-8-12-32(54)13-9-29)40(57)48-16-4-18-60-20-22-61-21-19-59-17-3-14-43/h6-13,27,30,33,53-54H,2-5,14-26,43H2,1H3,(H2,44,52)(H2,45,51)(H,48,57)(H,50,58)(H4,46,47,49)/t27-,30?,33+/m1/s1. The first-order valence-corrected chi connectivity index (χ1v) is 20.4. The Hall–Kier alpha value is -5.89. The molecule has 0 aliphatic heterocycles. The third-order valence-electron chi connectivity index (χ3n) is 9.36. The Balaban J connectivity index is 1.66. The number of aromatic nitrogens is 2. The number of ketones is 2. The van der Waals surface area contributed by atoms with Gasteiger partial charge in [0.2, 0.25) is 5.91 Å². The molecule has 1 heterocycles. The molecule has 19 nitrogen and oxygen atoms in total. The highest BCUT2D eigenvalue weighted by molar-refractivity contribution is 6.03. The van der Waals surface area contributed by atoms with Crippen LogP contribution < -0.4 is 39.3 Å². The second-order valence-corrected chi connectivity index (χ2v) is 14.6. The van der Waals surface area contributed by atoms with Gasteiger partial charge in [0.05, 0.1) is 32.5 Å². The van der Waals surface area contributed by atoms with Crippen LogP contribution in [0.5, 0.6) is 11.5 Å². The number of rotatable bonds is 30. The number of carbonyl (C=O) groups excluding carboxylic acids is 4. The van der Waals surface area contributed by atoms with E-state index in [-0.39, 0.29) is 97.5 Å². The van der Waals surface area contributed by atoms with Gasteiger partial charge in [-0.15, -0.1) is 0 Å². The number of nitrogens with one attached hydrogen (secondary N) is 2. The first-order chi connectivity index (χ1) is 29.3. The summed E-state index contributed by atoms with van der Waals surface area (Å²) in [6, 6.07) is 11.8. The predicted molar refractivity (Wildman–Crippen MR) is 231 cm³/mol. The number of nitrogen functional groups attached to an aromatic ring is 2. The van der Waals surface area contributed by atoms with E-state index in [1.54, 1.807) is 36.4 Å². The van der Waals surface area contributed by atoms with Crippen LogP contribution in [0, 0.1) is 11.8 Å². The van der Waals surface area contributed by atoms with E-state index in [9.17, 15) is 29.4 Å². The third-order valence-corrected chi connectivity index (χ3v) is 9.36. The molecular formula is C42H62N10O9. The quantitative estimate of drug-likeness (QED) is 0.0198. The van der Waals surface area contributed by atoms with Crippen molar-refractivity contribution in [3.8, 4) is 11.5 Å². The number of hydrogen-bond acceptors (Lipinski definition) is 15. The van der Waals surface area contributed by atoms with Crippen LogP contribution in [0.3, 0.4) is 0 Å². The molecule has 3 aromatic rings. The molecule has 0 radical (unpaired) electrons. The third kappa shape index (κ3) is 18.9. The Kier molecular flexibility index (Phi) is 21.9. The highest BCUT2D eigenvalue weighted by atomic mass is 16.5. The van der Waals surface area contributed by atoms with E-state index in [1.807, 2.05) is 6.92 Å². The average molecular weight is 851 g/mol. The van der Waals surface area contributed by atoms with Crippen molar-refractivity contribution in [3.63, 3.8) is 0 Å². The summed E-state index contributed by atoms with van der Waals surface area (Å²) in [6.45, 7) is 5.56. The van der Waals surface area contributed by atoms with Gasteiger partial charge in [-0.1, -0.05) is 31.2 Å². The number of ether oxygens (including phenoxy) is 3. The number of benzene rings is 2. The average Bonchev–Trinajstić information content (AvgIpc) is 3.22. The molecule has 2 amide bonds. The van der Waals surface area contributed by atoms with Crippen molar-refractivity contribution >= 4 is 41.0 Å². The molecule has 0 aliphatic carbocycles. The van der Waals surface area contributed by atoms with Crippen molar-refractivity contribution in [3.05, 3.63) is 71.0 Å². The van der Waals surface area contributed by atoms with E-state index in [2.05, 4.69) is 25.6 Å². The Morgan fingerprint density at radius 3 is 1.87 bits per heavy atom. The molecule has 61 heavy (non-hydrogen) atoms. The number of nitrogens with two attached hydrogens (primary N) is 5. The number of guanidine groups is 1. The molecule has 14 N–H and O–H groups in total. The van der Waals surface area contributed by atoms with Gasteiger partial charge in [-0.2, -0.15) is 0 Å². The van der Waals surface area contributed by atoms with E-state index < -0.39 is 29.4 Å². The molecule has 0 fully saturated rings. The molecule has 2 aromatic carbocycles. The monoisotopic (exact) mass is 850 g/mol. The number of phenols is 2. The number of amides is 2. The van der Waals surface area contributed by atoms with Gasteiger partial charge in [0.25, 0.3) is 5.91 Å². The summed E-state index contributed by atoms with van der Waals surface area (Å²) in [5, 5.41) is 24.9. The molecule has 334 valence electrons. The summed E-state index contributed by atoms with van der Waals surface area (Å²) in [5.74, 6) is -3.72. The lowest BCUT2D eigenvalue weighted by Crippen LogP contribution is -2.44. The zero-order valence-electron chi connectivity index (χ0n) is 34.9. The zero-order valence-corrected chi connectivity index (χ0v) is 34.9. The molecule has 0 spiro atoms. The molecule has 1 aromatic heterocycles. The predicted octanol–water partition coefficient (Wildman–Crippen LogP) is 1.38. The minimum absolute atomic E-state index is 0.0474. The van der Waals surface area contributed by atoms with Gasteiger partial charge >= 0.3 is 0 Å². The maximum absolute atomic E-state index is 14.0. The summed E-state index contributed by atoms with van der Waals surface area (Å²) in [4.78, 5) is 66.7. The fourth-order valence-electron chi connectivity index (χ4n) is 6.21. The fraction of sp³-hybridized carbons (Fsp3) is 0.500. The van der Waals surface area contributed by atoms with Gasteiger partial charge in [0.15, 0.2) is 40.5 Å². The van der Waals surface area contributed by atoms with Crippen LogP contribution >= 0.6 is 0 Å². The minimum Gasteiger partial charge on any atom is -0.508 e. The molecule has 19 heteroatoms. The number of nitrogens with zero attached hydrogens (tertiary/aromatic N) is 3. The Bertz CT molecular complexity index is 1860. The number of hydrogen-bond donors (Lipinski definition) is 9. The number of Topliss-reactive ketones (excluding diaryl/α,β-unsaturated/α-hetero) is 2. The lowest BCUT2D eigenvalue weighted by molar-refractivity contribution is -0.130. The highest BCUT2D eigenvalue weighted by Gasteiger charge is 2.30. The van der Waals surface area contributed by atoms with Crippen LogP contribution in [-0.2, 0) is 36.6 Å². The van der Waals surface area contributed by atoms with Gasteiger partial charge in [-0.3, -0.25) is 24.2 Å². The van der Waals surface area contributed by atoms with Crippen molar-refractivity contribution in [1.29, 1.82) is 0 Å². The summed E-state index contributed by atoms with van der Waals surface area (Å²) >= 11 is 0. The van der Waals surface area contributed by atoms with E-state index in [4.69, 9.17) is 42.9 Å². The second kappa shape index (κ2) is 27.1. The largest absolute Gasteiger partial charge is 0.508 e. The number of carbonyl (C=O) groups is 4. The Morgan fingerprint density at radius 1 is 0.738 bits per heavy atom. The second-order valence-electron chi connectivity index (χ2n) is 14.6. The van der Waals surface area contributed by atoms with Crippen molar-refractivity contribution in [2.45, 2.75) is 64.3 Å². The number of phenolic OH excluding ortho intramolecular Hbond substituents is 2. The van der Waals surface area contributed by atoms with E-state index >= 15 is 0 Å². The first kappa shape index (κ1) is 49.5. The van der Waals surface area contributed by atoms with Crippen LogP contribution in [0.2, 0.25) is 0 Å². The maximum atomic E-state index is 14.0. The van der Waals surface area contributed by atoms with Gasteiger partial charge in [0, 0.05) is 45.1 Å². The van der Waals surface area contributed by atoms with Crippen LogP contribution in [0.4, 0.5) is 11.6 Å². The van der Waals surface area contributed by atoms with E-state index in [0.29, 0.717) is 64.6 Å². The highest BCUT2D eigenvalue weighted by Crippen LogP contribution is 2.22. The first-order valence-electron chi connectivity index (χ1n) is 20.4. The van der Waals surface area contributed by atoms with Crippen molar-refractivity contribution in [1.82, 2.24) is 20.6 Å². The van der Waals surface area contributed by atoms with Crippen molar-refractivity contribution in [2.24, 2.45) is 34.0 Å². The Labute approximate surface area is 356 Å². The van der Waals surface area contributed by atoms with E-state index in [0.717, 1.165) is 12.0 Å². The lowest BCUT2D eigenvalue weighted by atomic mass is 9.90. The number of aliphatic imine (C=N–C) groups is 1. The molecule has 3 rings (SSSR count). The molecule has 3 atom stereocenters. The molecule has 1 unspecified atom stereocenters. The van der Waals surface area contributed by atoms with Crippen molar-refractivity contribution < 1.29 is 43.6 Å². The van der Waals surface area contributed by atoms with Gasteiger partial charge < -0.3 is 63.7 Å². The molecule has 0 bridgehead atoms. The molecule has 0 saturated heterocycles. The molecule has 0 aliphatic rings. The summed E-state index contributed by atoms with van der Waals surface area (Å²) in [6.07, 6.45) is 2.19. The lowest BCUT2D eigenvalue weighted by Gasteiger charge is -2.22. The minimum atomic E-state index is -1.13. The Morgan fingerprint density at radius 2 is 1.28 bits per heavy atom.